The van der Waals surface area contributed by atoms with E-state index < -0.39 is 0 Å². The predicted molar refractivity (Wildman–Crippen MR) is 132 cm³/mol. The highest BCUT2D eigenvalue weighted by Crippen LogP contribution is 2.17. The largest absolute Gasteiger partial charge is 0.458 e. The van der Waals surface area contributed by atoms with Crippen molar-refractivity contribution >= 4 is 46.1 Å². The molecule has 1 aromatic rings. The highest BCUT2D eigenvalue weighted by molar-refractivity contribution is 7.80. The Hall–Kier alpha value is -2.08. The van der Waals surface area contributed by atoms with Crippen molar-refractivity contribution in [3.8, 4) is 0 Å². The monoisotopic (exact) mass is 467 g/mol. The number of furan rings is 1. The first-order valence-electron chi connectivity index (χ1n) is 10.5. The number of hydrogen-bond acceptors (Lipinski definition) is 7. The van der Waals surface area contributed by atoms with Crippen molar-refractivity contribution in [3.05, 3.63) is 23.7 Å². The van der Waals surface area contributed by atoms with Crippen molar-refractivity contribution in [2.45, 2.75) is 53.4 Å². The van der Waals surface area contributed by atoms with Crippen molar-refractivity contribution in [3.63, 3.8) is 0 Å². The third-order valence-corrected chi connectivity index (χ3v) is 4.85. The van der Waals surface area contributed by atoms with E-state index in [0.29, 0.717) is 47.0 Å². The summed E-state index contributed by atoms with van der Waals surface area (Å²) in [5.41, 5.74) is 6.79. The minimum absolute atomic E-state index is 0.201. The lowest BCUT2D eigenvalue weighted by atomic mass is 10.2. The molecule has 0 saturated carbocycles. The summed E-state index contributed by atoms with van der Waals surface area (Å²) >= 11 is 10.4. The summed E-state index contributed by atoms with van der Waals surface area (Å²) in [7, 11) is 0. The first-order chi connectivity index (χ1) is 14.8. The Balaban J connectivity index is 2.17. The lowest BCUT2D eigenvalue weighted by molar-refractivity contribution is -0.0718. The summed E-state index contributed by atoms with van der Waals surface area (Å²) in [5.74, 6) is 1.44. The molecule has 1 fully saturated rings. The van der Waals surface area contributed by atoms with Crippen molar-refractivity contribution in [1.82, 2.24) is 26.4 Å². The highest BCUT2D eigenvalue weighted by atomic mass is 32.1. The molecule has 1 aromatic heterocycles. The van der Waals surface area contributed by atoms with E-state index >= 15 is 0 Å². The van der Waals surface area contributed by atoms with Crippen LogP contribution in [0.4, 0.5) is 0 Å². The van der Waals surface area contributed by atoms with E-state index in [9.17, 15) is 0 Å². The normalized spacial score (nSPS) is 20.3. The van der Waals surface area contributed by atoms with Gasteiger partial charge in [-0.15, -0.1) is 0 Å². The highest BCUT2D eigenvalue weighted by Gasteiger charge is 2.23. The molecule has 0 aliphatic carbocycles. The zero-order valence-electron chi connectivity index (χ0n) is 18.8. The van der Waals surface area contributed by atoms with Gasteiger partial charge in [-0.2, -0.15) is 10.2 Å². The third-order valence-electron chi connectivity index (χ3n) is 4.38. The smallest absolute Gasteiger partial charge is 0.186 e. The molecular formula is C20H33N7O2S2. The van der Waals surface area contributed by atoms with Crippen LogP contribution in [0.2, 0.25) is 0 Å². The van der Waals surface area contributed by atoms with E-state index in [0.717, 1.165) is 18.8 Å². The van der Waals surface area contributed by atoms with Gasteiger partial charge in [-0.1, -0.05) is 0 Å². The van der Waals surface area contributed by atoms with Crippen LogP contribution in [-0.4, -0.2) is 64.9 Å². The van der Waals surface area contributed by atoms with Gasteiger partial charge in [0.05, 0.1) is 24.5 Å². The Labute approximate surface area is 195 Å². The van der Waals surface area contributed by atoms with Crippen LogP contribution in [0.1, 0.15) is 46.1 Å². The maximum atomic E-state index is 6.11. The molecule has 9 nitrogen and oxygen atoms in total. The Morgan fingerprint density at radius 3 is 2.19 bits per heavy atom. The second kappa shape index (κ2) is 12.7. The molecule has 0 amide bonds. The number of rotatable bonds is 8. The second-order valence-corrected chi connectivity index (χ2v) is 8.13. The second-order valence-electron chi connectivity index (χ2n) is 7.32. The number of hydrazone groups is 2. The van der Waals surface area contributed by atoms with Gasteiger partial charge in [-0.25, -0.2) is 0 Å². The fraction of sp³-hybridized carbons (Fsp3) is 0.600. The van der Waals surface area contributed by atoms with Gasteiger partial charge in [0.25, 0.3) is 0 Å². The standard InChI is InChI=1S/C20H33N7O2S2/c1-6-21-19(30)25-23-15(5)18(24-26-20(31)22-7-2)17-9-8-16(29-17)12-27-10-13(3)28-14(4)11-27/h8-9,13-14H,6-7,10-12H2,1-5H3,(H2,21,25,30)(H2,22,26,31)/b23-15+,24-18+. The first kappa shape index (κ1) is 25.2. The molecule has 4 N–H and O–H groups in total. The van der Waals surface area contributed by atoms with Gasteiger partial charge in [0.2, 0.25) is 0 Å². The zero-order valence-corrected chi connectivity index (χ0v) is 20.5. The van der Waals surface area contributed by atoms with Crippen LogP contribution in [0.3, 0.4) is 0 Å². The fourth-order valence-electron chi connectivity index (χ4n) is 3.23. The quantitative estimate of drug-likeness (QED) is 0.260. The van der Waals surface area contributed by atoms with Gasteiger partial charge in [-0.3, -0.25) is 15.8 Å². The van der Waals surface area contributed by atoms with E-state index in [1.165, 1.54) is 0 Å². The maximum absolute atomic E-state index is 6.11. The van der Waals surface area contributed by atoms with Gasteiger partial charge in [0, 0.05) is 26.2 Å². The number of thiocarbonyl (C=S) groups is 2. The molecule has 0 aromatic carbocycles. The Bertz CT molecular complexity index is 799. The molecule has 2 rings (SSSR count). The molecular weight excluding hydrogens is 434 g/mol. The molecule has 0 bridgehead atoms. The van der Waals surface area contributed by atoms with Gasteiger partial charge < -0.3 is 19.8 Å². The number of nitrogens with zero attached hydrogens (tertiary/aromatic N) is 3. The Kier molecular flexibility index (Phi) is 10.3. The van der Waals surface area contributed by atoms with Gasteiger partial charge in [0.1, 0.15) is 11.5 Å². The topological polar surface area (TPSA) is 98.5 Å². The SMILES string of the molecule is CCNC(=S)N/N=C(C)/C(=N\NC(=S)NCC)c1ccc(CN2CC(C)OC(C)C2)o1. The summed E-state index contributed by atoms with van der Waals surface area (Å²) in [4.78, 5) is 2.33. The Morgan fingerprint density at radius 2 is 1.61 bits per heavy atom. The summed E-state index contributed by atoms with van der Waals surface area (Å²) in [5, 5.41) is 15.6. The zero-order chi connectivity index (χ0) is 22.8. The van der Waals surface area contributed by atoms with Crippen LogP contribution < -0.4 is 21.5 Å². The predicted octanol–water partition coefficient (Wildman–Crippen LogP) is 1.94. The number of ether oxygens (including phenoxy) is 1. The minimum atomic E-state index is 0.201. The molecule has 172 valence electrons. The van der Waals surface area contributed by atoms with E-state index in [4.69, 9.17) is 33.6 Å². The number of nitrogens with one attached hydrogen (secondary N) is 4. The van der Waals surface area contributed by atoms with Crippen molar-refractivity contribution in [2.24, 2.45) is 10.2 Å². The number of morpholine rings is 1. The van der Waals surface area contributed by atoms with Gasteiger partial charge >= 0.3 is 0 Å². The van der Waals surface area contributed by atoms with E-state index in [1.54, 1.807) is 0 Å². The van der Waals surface area contributed by atoms with E-state index in [1.807, 2.05) is 32.9 Å². The lowest BCUT2D eigenvalue weighted by Gasteiger charge is -2.34. The molecule has 1 aliphatic heterocycles. The van der Waals surface area contributed by atoms with Crippen LogP contribution in [0, 0.1) is 0 Å². The summed E-state index contributed by atoms with van der Waals surface area (Å²) in [6.45, 7) is 13.8. The fourth-order valence-corrected chi connectivity index (χ4v) is 3.61. The van der Waals surface area contributed by atoms with Crippen LogP contribution in [0.5, 0.6) is 0 Å². The minimum Gasteiger partial charge on any atom is -0.458 e. The van der Waals surface area contributed by atoms with Crippen LogP contribution >= 0.6 is 24.4 Å². The van der Waals surface area contributed by atoms with E-state index in [2.05, 4.69) is 50.4 Å². The summed E-state index contributed by atoms with van der Waals surface area (Å²) < 4.78 is 11.9. The van der Waals surface area contributed by atoms with Gasteiger partial charge in [-0.05, 0) is 71.2 Å². The molecule has 2 heterocycles. The van der Waals surface area contributed by atoms with Crippen LogP contribution in [0.25, 0.3) is 0 Å². The molecule has 11 heteroatoms. The molecule has 2 unspecified atom stereocenters. The lowest BCUT2D eigenvalue weighted by Crippen LogP contribution is -2.44. The number of hydrogen-bond donors (Lipinski definition) is 4. The first-order valence-corrected chi connectivity index (χ1v) is 11.3. The third kappa shape index (κ3) is 8.52. The van der Waals surface area contributed by atoms with Crippen molar-refractivity contribution in [2.75, 3.05) is 26.2 Å². The van der Waals surface area contributed by atoms with Crippen LogP contribution in [0.15, 0.2) is 26.8 Å². The van der Waals surface area contributed by atoms with Crippen LogP contribution in [-0.2, 0) is 11.3 Å². The van der Waals surface area contributed by atoms with Gasteiger partial charge in [0.15, 0.2) is 16.0 Å². The van der Waals surface area contributed by atoms with E-state index in [-0.39, 0.29) is 12.2 Å². The average molecular weight is 468 g/mol. The summed E-state index contributed by atoms with van der Waals surface area (Å²) in [6, 6.07) is 3.85. The molecule has 0 radical (unpaired) electrons. The maximum Gasteiger partial charge on any atom is 0.186 e. The molecule has 1 aliphatic rings. The van der Waals surface area contributed by atoms with Crippen molar-refractivity contribution in [1.29, 1.82) is 0 Å². The molecule has 0 spiro atoms. The molecule has 1 saturated heterocycles. The Morgan fingerprint density at radius 1 is 1.03 bits per heavy atom. The molecule has 31 heavy (non-hydrogen) atoms. The van der Waals surface area contributed by atoms with Crippen molar-refractivity contribution < 1.29 is 9.15 Å². The molecule has 2 atom stereocenters. The summed E-state index contributed by atoms with van der Waals surface area (Å²) in [6.07, 6.45) is 0.403. The average Bonchev–Trinajstić information content (AvgIpc) is 3.14.